The lowest BCUT2D eigenvalue weighted by molar-refractivity contribution is 1.60. The summed E-state index contributed by atoms with van der Waals surface area (Å²) in [6, 6.07) is 8.50. The minimum absolute atomic E-state index is 0.369. The van der Waals surface area contributed by atoms with Crippen LogP contribution in [0.2, 0.25) is 20.1 Å². The number of anilines is 1. The molecule has 0 radical (unpaired) electrons. The lowest BCUT2D eigenvalue weighted by Gasteiger charge is -2.11. The number of nitrogen functional groups attached to an aromatic ring is 1. The molecule has 2 aromatic carbocycles. The Morgan fingerprint density at radius 3 is 2.24 bits per heavy atom. The van der Waals surface area contributed by atoms with Crippen molar-refractivity contribution in [3.8, 4) is 11.1 Å². The molecule has 0 unspecified atom stereocenters. The number of rotatable bonds is 1. The van der Waals surface area contributed by atoms with Crippen LogP contribution in [0.1, 0.15) is 0 Å². The van der Waals surface area contributed by atoms with E-state index in [1.54, 1.807) is 30.3 Å². The number of hydrogen-bond acceptors (Lipinski definition) is 1. The van der Waals surface area contributed by atoms with Crippen molar-refractivity contribution in [2.45, 2.75) is 0 Å². The third-order valence-electron chi connectivity index (χ3n) is 2.31. The van der Waals surface area contributed by atoms with Crippen LogP contribution >= 0.6 is 46.4 Å². The van der Waals surface area contributed by atoms with E-state index >= 15 is 0 Å². The van der Waals surface area contributed by atoms with Gasteiger partial charge in [0.05, 0.1) is 15.1 Å². The predicted molar refractivity (Wildman–Crippen MR) is 76.3 cm³/mol. The summed E-state index contributed by atoms with van der Waals surface area (Å²) in [4.78, 5) is 0. The van der Waals surface area contributed by atoms with E-state index in [0.29, 0.717) is 36.9 Å². The molecule has 0 bridgehead atoms. The van der Waals surface area contributed by atoms with Gasteiger partial charge in [-0.05, 0) is 24.3 Å². The first-order valence-corrected chi connectivity index (χ1v) is 6.21. The fraction of sp³-hybridized carbons (Fsp3) is 0. The molecular formula is C12H7Cl4N. The molecule has 0 saturated carbocycles. The van der Waals surface area contributed by atoms with Gasteiger partial charge < -0.3 is 5.73 Å². The molecule has 2 aromatic rings. The molecule has 17 heavy (non-hydrogen) atoms. The molecule has 1 nitrogen and oxygen atoms in total. The summed E-state index contributed by atoms with van der Waals surface area (Å²) < 4.78 is 0. The topological polar surface area (TPSA) is 26.0 Å². The maximum Gasteiger partial charge on any atom is 0.0673 e. The quantitative estimate of drug-likeness (QED) is 0.542. The monoisotopic (exact) mass is 305 g/mol. The van der Waals surface area contributed by atoms with Gasteiger partial charge in [-0.15, -0.1) is 0 Å². The second-order valence-corrected chi connectivity index (χ2v) is 5.08. The molecule has 0 aliphatic rings. The second-order valence-electron chi connectivity index (χ2n) is 3.45. The molecule has 5 heteroatoms. The molecule has 88 valence electrons. The Hall–Kier alpha value is -0.600. The van der Waals surface area contributed by atoms with Crippen molar-refractivity contribution < 1.29 is 0 Å². The van der Waals surface area contributed by atoms with Crippen LogP contribution in [0.5, 0.6) is 0 Å². The lowest BCUT2D eigenvalue weighted by atomic mass is 10.0. The summed E-state index contributed by atoms with van der Waals surface area (Å²) in [6.45, 7) is 0. The van der Waals surface area contributed by atoms with Crippen LogP contribution in [0.3, 0.4) is 0 Å². The van der Waals surface area contributed by atoms with Crippen molar-refractivity contribution in [3.63, 3.8) is 0 Å². The normalized spacial score (nSPS) is 10.6. The van der Waals surface area contributed by atoms with E-state index in [1.165, 1.54) is 0 Å². The summed E-state index contributed by atoms with van der Waals surface area (Å²) in [5, 5.41) is 1.74. The van der Waals surface area contributed by atoms with E-state index < -0.39 is 0 Å². The van der Waals surface area contributed by atoms with Crippen molar-refractivity contribution in [3.05, 3.63) is 50.4 Å². The van der Waals surface area contributed by atoms with Crippen LogP contribution in [-0.2, 0) is 0 Å². The van der Waals surface area contributed by atoms with Crippen LogP contribution in [0.4, 0.5) is 5.69 Å². The van der Waals surface area contributed by atoms with Crippen molar-refractivity contribution >= 4 is 52.1 Å². The average Bonchev–Trinajstić information content (AvgIpc) is 2.24. The van der Waals surface area contributed by atoms with Gasteiger partial charge in [-0.2, -0.15) is 0 Å². The third kappa shape index (κ3) is 2.48. The molecule has 2 rings (SSSR count). The van der Waals surface area contributed by atoms with Gasteiger partial charge in [-0.25, -0.2) is 0 Å². The van der Waals surface area contributed by atoms with Crippen molar-refractivity contribution in [2.24, 2.45) is 0 Å². The highest BCUT2D eigenvalue weighted by Gasteiger charge is 2.14. The Labute approximate surface area is 119 Å². The molecule has 0 aliphatic heterocycles. The molecule has 0 fully saturated rings. The zero-order valence-electron chi connectivity index (χ0n) is 8.48. The minimum Gasteiger partial charge on any atom is -0.398 e. The molecule has 0 saturated heterocycles. The summed E-state index contributed by atoms with van der Waals surface area (Å²) >= 11 is 24.2. The van der Waals surface area contributed by atoms with Gasteiger partial charge in [0, 0.05) is 21.8 Å². The highest BCUT2D eigenvalue weighted by Crippen LogP contribution is 2.41. The Balaban J connectivity index is 2.77. The Bertz CT molecular complexity index is 561. The average molecular weight is 307 g/mol. The zero-order chi connectivity index (χ0) is 12.6. The SMILES string of the molecule is Nc1cccc(Cl)c1-c1cc(Cl)cc(Cl)c1Cl. The molecule has 0 aromatic heterocycles. The van der Waals surface area contributed by atoms with E-state index in [2.05, 4.69) is 0 Å². The van der Waals surface area contributed by atoms with Gasteiger partial charge in [0.2, 0.25) is 0 Å². The van der Waals surface area contributed by atoms with Crippen LogP contribution in [0.25, 0.3) is 11.1 Å². The van der Waals surface area contributed by atoms with Crippen LogP contribution in [-0.4, -0.2) is 0 Å². The standard InChI is InChI=1S/C12H7Cl4N/c13-6-4-7(12(16)9(15)5-6)11-8(14)2-1-3-10(11)17/h1-5H,17H2. The van der Waals surface area contributed by atoms with Crippen LogP contribution in [0.15, 0.2) is 30.3 Å². The van der Waals surface area contributed by atoms with E-state index in [-0.39, 0.29) is 0 Å². The number of benzene rings is 2. The Morgan fingerprint density at radius 1 is 0.882 bits per heavy atom. The van der Waals surface area contributed by atoms with Crippen molar-refractivity contribution in [2.75, 3.05) is 5.73 Å². The maximum absolute atomic E-state index is 6.14. The molecule has 0 aliphatic carbocycles. The Morgan fingerprint density at radius 2 is 1.59 bits per heavy atom. The molecular weight excluding hydrogens is 300 g/mol. The second kappa shape index (κ2) is 4.95. The first-order valence-electron chi connectivity index (χ1n) is 4.69. The summed E-state index contributed by atoms with van der Waals surface area (Å²) in [6.07, 6.45) is 0. The molecule has 0 spiro atoms. The summed E-state index contributed by atoms with van der Waals surface area (Å²) in [7, 11) is 0. The van der Waals surface area contributed by atoms with Gasteiger partial charge in [0.1, 0.15) is 0 Å². The van der Waals surface area contributed by atoms with E-state index in [0.717, 1.165) is 0 Å². The molecule has 2 N–H and O–H groups in total. The summed E-state index contributed by atoms with van der Waals surface area (Å²) in [5.41, 5.74) is 7.69. The zero-order valence-corrected chi connectivity index (χ0v) is 11.5. The highest BCUT2D eigenvalue weighted by molar-refractivity contribution is 6.45. The van der Waals surface area contributed by atoms with Gasteiger partial charge >= 0.3 is 0 Å². The van der Waals surface area contributed by atoms with E-state index in [4.69, 9.17) is 52.1 Å². The summed E-state index contributed by atoms with van der Waals surface area (Å²) in [5.74, 6) is 0. The molecule has 0 atom stereocenters. The predicted octanol–water partition coefficient (Wildman–Crippen LogP) is 5.55. The smallest absolute Gasteiger partial charge is 0.0673 e. The van der Waals surface area contributed by atoms with Gasteiger partial charge in [0.15, 0.2) is 0 Å². The van der Waals surface area contributed by atoms with Crippen LogP contribution in [0, 0.1) is 0 Å². The largest absolute Gasteiger partial charge is 0.398 e. The number of halogens is 4. The Kier molecular flexibility index (Phi) is 3.74. The number of nitrogens with two attached hydrogens (primary N) is 1. The first kappa shape index (κ1) is 12.8. The lowest BCUT2D eigenvalue weighted by Crippen LogP contribution is -1.92. The van der Waals surface area contributed by atoms with E-state index in [9.17, 15) is 0 Å². The fourth-order valence-corrected chi connectivity index (χ4v) is 2.54. The first-order chi connectivity index (χ1) is 8.00. The minimum atomic E-state index is 0.369. The maximum atomic E-state index is 6.14. The molecule has 0 amide bonds. The van der Waals surface area contributed by atoms with Crippen molar-refractivity contribution in [1.29, 1.82) is 0 Å². The van der Waals surface area contributed by atoms with Crippen LogP contribution < -0.4 is 5.73 Å². The van der Waals surface area contributed by atoms with Crippen molar-refractivity contribution in [1.82, 2.24) is 0 Å². The van der Waals surface area contributed by atoms with Gasteiger partial charge in [-0.3, -0.25) is 0 Å². The molecule has 0 heterocycles. The third-order valence-corrected chi connectivity index (χ3v) is 3.64. The van der Waals surface area contributed by atoms with Gasteiger partial charge in [0.25, 0.3) is 0 Å². The number of hydrogen-bond donors (Lipinski definition) is 1. The highest BCUT2D eigenvalue weighted by atomic mass is 35.5. The van der Waals surface area contributed by atoms with E-state index in [1.807, 2.05) is 0 Å². The van der Waals surface area contributed by atoms with Gasteiger partial charge in [-0.1, -0.05) is 52.5 Å². The fourth-order valence-electron chi connectivity index (χ4n) is 1.56.